The molecule has 1 heterocycles. The van der Waals surface area contributed by atoms with E-state index in [4.69, 9.17) is 0 Å². The van der Waals surface area contributed by atoms with E-state index in [0.717, 1.165) is 26.1 Å². The van der Waals surface area contributed by atoms with Crippen molar-refractivity contribution in [3.63, 3.8) is 0 Å². The zero-order valence-corrected chi connectivity index (χ0v) is 10.4. The third kappa shape index (κ3) is 3.56. The lowest BCUT2D eigenvalue weighted by Gasteiger charge is -2.24. The smallest absolute Gasteiger partial charge is 0.220 e. The van der Waals surface area contributed by atoms with E-state index in [-0.39, 0.29) is 5.91 Å². The molecule has 0 saturated carbocycles. The SMILES string of the molecule is CCN(Cc1ccccc1)C[C@@H]1CCC(=O)N1. The molecule has 1 atom stereocenters. The minimum atomic E-state index is 0.200. The van der Waals surface area contributed by atoms with Crippen LogP contribution < -0.4 is 5.32 Å². The van der Waals surface area contributed by atoms with E-state index in [1.807, 2.05) is 6.07 Å². The summed E-state index contributed by atoms with van der Waals surface area (Å²) in [6.45, 7) is 5.10. The molecule has 1 aromatic rings. The summed E-state index contributed by atoms with van der Waals surface area (Å²) in [6.07, 6.45) is 1.66. The highest BCUT2D eigenvalue weighted by Crippen LogP contribution is 2.10. The van der Waals surface area contributed by atoms with E-state index in [1.165, 1.54) is 5.56 Å². The van der Waals surface area contributed by atoms with Crippen molar-refractivity contribution in [2.45, 2.75) is 32.4 Å². The fraction of sp³-hybridized carbons (Fsp3) is 0.500. The molecule has 0 radical (unpaired) electrons. The van der Waals surface area contributed by atoms with Gasteiger partial charge in [0.1, 0.15) is 0 Å². The van der Waals surface area contributed by atoms with Crippen molar-refractivity contribution in [1.29, 1.82) is 0 Å². The fourth-order valence-corrected chi connectivity index (χ4v) is 2.27. The molecule has 92 valence electrons. The second-order valence-corrected chi connectivity index (χ2v) is 4.62. The quantitative estimate of drug-likeness (QED) is 0.839. The Morgan fingerprint density at radius 3 is 2.71 bits per heavy atom. The first-order valence-corrected chi connectivity index (χ1v) is 6.33. The summed E-state index contributed by atoms with van der Waals surface area (Å²) < 4.78 is 0. The third-order valence-electron chi connectivity index (χ3n) is 3.26. The van der Waals surface area contributed by atoms with Crippen LogP contribution in [0.3, 0.4) is 0 Å². The van der Waals surface area contributed by atoms with Crippen LogP contribution in [0.25, 0.3) is 0 Å². The molecule has 0 aromatic heterocycles. The Kier molecular flexibility index (Phi) is 4.15. The van der Waals surface area contributed by atoms with Crippen molar-refractivity contribution in [1.82, 2.24) is 10.2 Å². The lowest BCUT2D eigenvalue weighted by atomic mass is 10.1. The highest BCUT2D eigenvalue weighted by Gasteiger charge is 2.22. The Bertz CT molecular complexity index is 364. The van der Waals surface area contributed by atoms with Crippen LogP contribution in [0, 0.1) is 0 Å². The van der Waals surface area contributed by atoms with Crippen molar-refractivity contribution in [3.05, 3.63) is 35.9 Å². The number of amides is 1. The second-order valence-electron chi connectivity index (χ2n) is 4.62. The molecule has 0 aliphatic carbocycles. The molecule has 0 spiro atoms. The molecule has 3 nitrogen and oxygen atoms in total. The van der Waals surface area contributed by atoms with Gasteiger partial charge in [-0.3, -0.25) is 9.69 Å². The second kappa shape index (κ2) is 5.82. The van der Waals surface area contributed by atoms with Gasteiger partial charge in [-0.05, 0) is 18.5 Å². The first kappa shape index (κ1) is 12.1. The van der Waals surface area contributed by atoms with Gasteiger partial charge in [0.05, 0.1) is 0 Å². The summed E-state index contributed by atoms with van der Waals surface area (Å²) >= 11 is 0. The number of nitrogens with zero attached hydrogens (tertiary/aromatic N) is 1. The van der Waals surface area contributed by atoms with Gasteiger partial charge in [0, 0.05) is 25.6 Å². The topological polar surface area (TPSA) is 32.3 Å². The molecule has 1 fully saturated rings. The van der Waals surface area contributed by atoms with E-state index >= 15 is 0 Å². The Balaban J connectivity index is 1.87. The maximum atomic E-state index is 11.2. The maximum Gasteiger partial charge on any atom is 0.220 e. The van der Waals surface area contributed by atoms with Crippen LogP contribution in [-0.2, 0) is 11.3 Å². The molecule has 1 aliphatic heterocycles. The van der Waals surface area contributed by atoms with Crippen LogP contribution in [0.5, 0.6) is 0 Å². The van der Waals surface area contributed by atoms with Gasteiger partial charge in [-0.1, -0.05) is 37.3 Å². The van der Waals surface area contributed by atoms with Gasteiger partial charge >= 0.3 is 0 Å². The molecule has 0 unspecified atom stereocenters. The summed E-state index contributed by atoms with van der Waals surface area (Å²) in [5.74, 6) is 0.200. The first-order valence-electron chi connectivity index (χ1n) is 6.33. The molecule has 1 N–H and O–H groups in total. The molecular formula is C14H20N2O. The average molecular weight is 232 g/mol. The van der Waals surface area contributed by atoms with Crippen molar-refractivity contribution >= 4 is 5.91 Å². The standard InChI is InChI=1S/C14H20N2O/c1-2-16(10-12-6-4-3-5-7-12)11-13-8-9-14(17)15-13/h3-7,13H,2,8-11H2,1H3,(H,15,17)/t13-/m0/s1. The minimum Gasteiger partial charge on any atom is -0.352 e. The first-order chi connectivity index (χ1) is 8.28. The largest absolute Gasteiger partial charge is 0.352 e. The fourth-order valence-electron chi connectivity index (χ4n) is 2.27. The molecule has 3 heteroatoms. The van der Waals surface area contributed by atoms with E-state index in [9.17, 15) is 4.79 Å². The minimum absolute atomic E-state index is 0.200. The van der Waals surface area contributed by atoms with Crippen LogP contribution in [0.2, 0.25) is 0 Å². The molecule has 1 aromatic carbocycles. The van der Waals surface area contributed by atoms with Gasteiger partial charge < -0.3 is 5.32 Å². The zero-order chi connectivity index (χ0) is 12.1. The molecule has 1 saturated heterocycles. The number of carbonyl (C=O) groups is 1. The van der Waals surface area contributed by atoms with Gasteiger partial charge in [0.15, 0.2) is 0 Å². The summed E-state index contributed by atoms with van der Waals surface area (Å²) in [7, 11) is 0. The van der Waals surface area contributed by atoms with E-state index < -0.39 is 0 Å². The summed E-state index contributed by atoms with van der Waals surface area (Å²) in [5, 5.41) is 3.02. The van der Waals surface area contributed by atoms with Crippen molar-refractivity contribution in [2.24, 2.45) is 0 Å². The normalized spacial score (nSPS) is 19.6. The van der Waals surface area contributed by atoms with Crippen LogP contribution in [-0.4, -0.2) is 29.9 Å². The number of hydrogen-bond acceptors (Lipinski definition) is 2. The monoisotopic (exact) mass is 232 g/mol. The number of hydrogen-bond donors (Lipinski definition) is 1. The predicted molar refractivity (Wildman–Crippen MR) is 68.6 cm³/mol. The van der Waals surface area contributed by atoms with Crippen LogP contribution >= 0.6 is 0 Å². The van der Waals surface area contributed by atoms with Gasteiger partial charge in [-0.2, -0.15) is 0 Å². The number of carbonyl (C=O) groups excluding carboxylic acids is 1. The molecule has 1 amide bonds. The lowest BCUT2D eigenvalue weighted by molar-refractivity contribution is -0.119. The van der Waals surface area contributed by atoms with Crippen LogP contribution in [0.4, 0.5) is 0 Å². The van der Waals surface area contributed by atoms with E-state index in [0.29, 0.717) is 12.5 Å². The van der Waals surface area contributed by atoms with Gasteiger partial charge in [-0.25, -0.2) is 0 Å². The summed E-state index contributed by atoms with van der Waals surface area (Å²) in [5.41, 5.74) is 1.33. The van der Waals surface area contributed by atoms with Gasteiger partial charge in [0.2, 0.25) is 5.91 Å². The summed E-state index contributed by atoms with van der Waals surface area (Å²) in [6, 6.07) is 10.8. The van der Waals surface area contributed by atoms with Crippen molar-refractivity contribution in [2.75, 3.05) is 13.1 Å². The third-order valence-corrected chi connectivity index (χ3v) is 3.26. The van der Waals surface area contributed by atoms with Crippen LogP contribution in [0.1, 0.15) is 25.3 Å². The lowest BCUT2D eigenvalue weighted by Crippen LogP contribution is -2.38. The summed E-state index contributed by atoms with van der Waals surface area (Å²) in [4.78, 5) is 13.5. The molecule has 17 heavy (non-hydrogen) atoms. The molecule has 1 aliphatic rings. The molecular weight excluding hydrogens is 212 g/mol. The van der Waals surface area contributed by atoms with Gasteiger partial charge in [-0.15, -0.1) is 0 Å². The van der Waals surface area contributed by atoms with Gasteiger partial charge in [0.25, 0.3) is 0 Å². The number of likely N-dealkylation sites (N-methyl/N-ethyl adjacent to an activating group) is 1. The zero-order valence-electron chi connectivity index (χ0n) is 10.4. The van der Waals surface area contributed by atoms with Crippen molar-refractivity contribution < 1.29 is 4.79 Å². The molecule has 2 rings (SSSR count). The van der Waals surface area contributed by atoms with Crippen molar-refractivity contribution in [3.8, 4) is 0 Å². The van der Waals surface area contributed by atoms with E-state index in [1.54, 1.807) is 0 Å². The Labute approximate surface area is 103 Å². The highest BCUT2D eigenvalue weighted by molar-refractivity contribution is 5.78. The number of rotatable bonds is 5. The van der Waals surface area contributed by atoms with Crippen LogP contribution in [0.15, 0.2) is 30.3 Å². The highest BCUT2D eigenvalue weighted by atomic mass is 16.1. The maximum absolute atomic E-state index is 11.2. The molecule has 0 bridgehead atoms. The Hall–Kier alpha value is -1.35. The Morgan fingerprint density at radius 1 is 1.35 bits per heavy atom. The average Bonchev–Trinajstić information content (AvgIpc) is 2.75. The Morgan fingerprint density at radius 2 is 2.12 bits per heavy atom. The predicted octanol–water partition coefficient (Wildman–Crippen LogP) is 1.79. The number of benzene rings is 1. The number of nitrogens with one attached hydrogen (secondary N) is 1. The van der Waals surface area contributed by atoms with E-state index in [2.05, 4.69) is 41.4 Å².